The van der Waals surface area contributed by atoms with E-state index in [4.69, 9.17) is 4.74 Å². The second kappa shape index (κ2) is 6.62. The largest absolute Gasteiger partial charge is 0.427 e. The quantitative estimate of drug-likeness (QED) is 0.345. The molecule has 104 valence electrons. The lowest BCUT2D eigenvalue weighted by atomic mass is 10.2. The molecule has 0 fully saturated rings. The molecular weight excluding hydrogens is 264 g/mol. The first-order valence-electron chi connectivity index (χ1n) is 5.38. The van der Waals surface area contributed by atoms with Gasteiger partial charge in [0.2, 0.25) is 5.75 Å². The lowest BCUT2D eigenvalue weighted by Gasteiger charge is -2.07. The van der Waals surface area contributed by atoms with E-state index in [1.807, 2.05) is 0 Å². The third-order valence-corrected chi connectivity index (χ3v) is 2.03. The molecule has 0 unspecified atom stereocenters. The van der Waals surface area contributed by atoms with E-state index in [1.165, 1.54) is 0 Å². The monoisotopic (exact) mass is 275 g/mol. The number of rotatable bonds is 6. The summed E-state index contributed by atoms with van der Waals surface area (Å²) in [5.41, 5.74) is -0.693. The predicted molar refractivity (Wildman–Crippen MR) is 60.3 cm³/mol. The van der Waals surface area contributed by atoms with Crippen LogP contribution in [0.15, 0.2) is 18.2 Å². The summed E-state index contributed by atoms with van der Waals surface area (Å²) in [6.45, 7) is -1.41. The Morgan fingerprint density at radius 1 is 1.47 bits per heavy atom. The van der Waals surface area contributed by atoms with Gasteiger partial charge in [-0.25, -0.2) is 0 Å². The van der Waals surface area contributed by atoms with Crippen molar-refractivity contribution < 1.29 is 28.0 Å². The van der Waals surface area contributed by atoms with Crippen LogP contribution in [0.5, 0.6) is 11.5 Å². The molecule has 0 spiro atoms. The Hall–Kier alpha value is -2.25. The fourth-order valence-corrected chi connectivity index (χ4v) is 1.29. The maximum atomic E-state index is 12.0. The van der Waals surface area contributed by atoms with Gasteiger partial charge < -0.3 is 9.47 Å². The Balaban J connectivity index is 2.96. The zero-order chi connectivity index (χ0) is 14.4. The van der Waals surface area contributed by atoms with E-state index in [2.05, 4.69) is 4.74 Å². The van der Waals surface area contributed by atoms with E-state index in [9.17, 15) is 23.7 Å². The van der Waals surface area contributed by atoms with E-state index in [-0.39, 0.29) is 12.2 Å². The molecular formula is C11H11F2NO5. The van der Waals surface area contributed by atoms with E-state index in [0.29, 0.717) is 6.42 Å². The van der Waals surface area contributed by atoms with Crippen LogP contribution in [0, 0.1) is 10.1 Å². The number of nitrogens with zero attached hydrogens (tertiary/aromatic N) is 1. The normalized spacial score (nSPS) is 10.3. The molecule has 19 heavy (non-hydrogen) atoms. The zero-order valence-corrected chi connectivity index (χ0v) is 9.97. The number of nitro groups is 1. The first-order valence-corrected chi connectivity index (χ1v) is 5.38. The predicted octanol–water partition coefficient (Wildman–Crippen LogP) is 2.90. The van der Waals surface area contributed by atoms with Gasteiger partial charge in [0, 0.05) is 6.42 Å². The maximum absolute atomic E-state index is 12.0. The van der Waals surface area contributed by atoms with Crippen molar-refractivity contribution in [2.24, 2.45) is 0 Å². The Kier molecular flexibility index (Phi) is 5.16. The molecule has 0 aliphatic heterocycles. The van der Waals surface area contributed by atoms with Crippen LogP contribution in [-0.2, 0) is 4.79 Å². The Morgan fingerprint density at radius 3 is 2.68 bits per heavy atom. The van der Waals surface area contributed by atoms with Crippen molar-refractivity contribution in [3.8, 4) is 11.5 Å². The summed E-state index contributed by atoms with van der Waals surface area (Å²) in [7, 11) is 0. The minimum absolute atomic E-state index is 0.0910. The van der Waals surface area contributed by atoms with Gasteiger partial charge in [0.05, 0.1) is 11.0 Å². The second-order valence-electron chi connectivity index (χ2n) is 3.49. The molecule has 0 saturated carbocycles. The molecule has 0 aromatic heterocycles. The molecule has 0 bridgehead atoms. The number of esters is 1. The minimum atomic E-state index is -3.17. The van der Waals surface area contributed by atoms with Crippen molar-refractivity contribution in [1.82, 2.24) is 0 Å². The molecule has 0 saturated heterocycles. The number of nitro benzene ring substituents is 1. The standard InChI is InChI=1S/C11H11F2NO5/c1-2-3-10(15)18-7-4-5-9(19-11(12)13)8(6-7)14(16)17/h4-6,11H,2-3H2,1H3. The Morgan fingerprint density at radius 2 is 2.16 bits per heavy atom. The third kappa shape index (κ3) is 4.49. The average molecular weight is 275 g/mol. The summed E-state index contributed by atoms with van der Waals surface area (Å²) in [4.78, 5) is 21.0. The number of alkyl halides is 2. The topological polar surface area (TPSA) is 78.7 Å². The van der Waals surface area contributed by atoms with Crippen molar-refractivity contribution in [2.45, 2.75) is 26.4 Å². The van der Waals surface area contributed by atoms with Crippen LogP contribution >= 0.6 is 0 Å². The third-order valence-electron chi connectivity index (χ3n) is 2.03. The van der Waals surface area contributed by atoms with Crippen LogP contribution in [0.1, 0.15) is 19.8 Å². The molecule has 0 N–H and O–H groups in total. The number of ether oxygens (including phenoxy) is 2. The van der Waals surface area contributed by atoms with Crippen molar-refractivity contribution in [3.63, 3.8) is 0 Å². The van der Waals surface area contributed by atoms with Gasteiger partial charge in [-0.15, -0.1) is 0 Å². The fourth-order valence-electron chi connectivity index (χ4n) is 1.29. The summed E-state index contributed by atoms with van der Waals surface area (Å²) in [5, 5.41) is 10.7. The first kappa shape index (κ1) is 14.8. The summed E-state index contributed by atoms with van der Waals surface area (Å²) in [5.74, 6) is -1.23. The Bertz CT molecular complexity index is 478. The highest BCUT2D eigenvalue weighted by atomic mass is 19.3. The molecule has 1 aromatic carbocycles. The van der Waals surface area contributed by atoms with Gasteiger partial charge in [0.1, 0.15) is 5.75 Å². The molecule has 0 atom stereocenters. The number of halogens is 2. The van der Waals surface area contributed by atoms with Crippen LogP contribution < -0.4 is 9.47 Å². The van der Waals surface area contributed by atoms with Gasteiger partial charge in [-0.1, -0.05) is 6.92 Å². The molecule has 0 aliphatic carbocycles. The van der Waals surface area contributed by atoms with Crippen LogP contribution in [0.4, 0.5) is 14.5 Å². The maximum Gasteiger partial charge on any atom is 0.387 e. The van der Waals surface area contributed by atoms with Gasteiger partial charge >= 0.3 is 18.3 Å². The van der Waals surface area contributed by atoms with Crippen molar-refractivity contribution in [1.29, 1.82) is 0 Å². The molecule has 0 radical (unpaired) electrons. The average Bonchev–Trinajstić information content (AvgIpc) is 2.30. The van der Waals surface area contributed by atoms with Crippen LogP contribution in [0.2, 0.25) is 0 Å². The fraction of sp³-hybridized carbons (Fsp3) is 0.364. The lowest BCUT2D eigenvalue weighted by Crippen LogP contribution is -2.08. The van der Waals surface area contributed by atoms with Crippen LogP contribution in [-0.4, -0.2) is 17.5 Å². The number of hydrogen-bond donors (Lipinski definition) is 0. The summed E-state index contributed by atoms with van der Waals surface area (Å²) in [6.07, 6.45) is 0.719. The molecule has 0 heterocycles. The number of carbonyl (C=O) groups is 1. The second-order valence-corrected chi connectivity index (χ2v) is 3.49. The molecule has 1 rings (SSSR count). The van der Waals surface area contributed by atoms with Gasteiger partial charge in [0.15, 0.2) is 0 Å². The van der Waals surface area contributed by atoms with Gasteiger partial charge in [-0.05, 0) is 18.6 Å². The number of benzene rings is 1. The highest BCUT2D eigenvalue weighted by molar-refractivity contribution is 5.72. The van der Waals surface area contributed by atoms with Crippen LogP contribution in [0.25, 0.3) is 0 Å². The van der Waals surface area contributed by atoms with E-state index in [1.54, 1.807) is 6.92 Å². The SMILES string of the molecule is CCCC(=O)Oc1ccc(OC(F)F)c([N+](=O)[O-])c1. The van der Waals surface area contributed by atoms with E-state index >= 15 is 0 Å². The molecule has 0 aliphatic rings. The van der Waals surface area contributed by atoms with Crippen molar-refractivity contribution >= 4 is 11.7 Å². The van der Waals surface area contributed by atoms with Crippen LogP contribution in [0.3, 0.4) is 0 Å². The highest BCUT2D eigenvalue weighted by Gasteiger charge is 2.20. The smallest absolute Gasteiger partial charge is 0.387 e. The van der Waals surface area contributed by atoms with E-state index in [0.717, 1.165) is 18.2 Å². The van der Waals surface area contributed by atoms with Gasteiger partial charge in [-0.3, -0.25) is 14.9 Å². The minimum Gasteiger partial charge on any atom is -0.427 e. The van der Waals surface area contributed by atoms with Gasteiger partial charge in [0.25, 0.3) is 0 Å². The van der Waals surface area contributed by atoms with Crippen molar-refractivity contribution in [3.05, 3.63) is 28.3 Å². The number of hydrogen-bond acceptors (Lipinski definition) is 5. The van der Waals surface area contributed by atoms with Crippen molar-refractivity contribution in [2.75, 3.05) is 0 Å². The summed E-state index contributed by atoms with van der Waals surface area (Å²) >= 11 is 0. The number of carbonyl (C=O) groups excluding carboxylic acids is 1. The molecule has 1 aromatic rings. The molecule has 8 heteroatoms. The molecule has 0 amide bonds. The van der Waals surface area contributed by atoms with Gasteiger partial charge in [-0.2, -0.15) is 8.78 Å². The zero-order valence-electron chi connectivity index (χ0n) is 9.97. The summed E-state index contributed by atoms with van der Waals surface area (Å²) in [6, 6.07) is 2.97. The highest BCUT2D eigenvalue weighted by Crippen LogP contribution is 2.32. The summed E-state index contributed by atoms with van der Waals surface area (Å²) < 4.78 is 32.9. The van der Waals surface area contributed by atoms with E-state index < -0.39 is 28.9 Å². The lowest BCUT2D eigenvalue weighted by molar-refractivity contribution is -0.386. The molecule has 6 nitrogen and oxygen atoms in total. The Labute approximate surface area is 107 Å². The first-order chi connectivity index (χ1) is 8.93.